The van der Waals surface area contributed by atoms with E-state index in [1.54, 1.807) is 4.68 Å². The molecule has 0 aliphatic carbocycles. The van der Waals surface area contributed by atoms with E-state index >= 15 is 0 Å². The fourth-order valence-corrected chi connectivity index (χ4v) is 4.63. The predicted molar refractivity (Wildman–Crippen MR) is 111 cm³/mol. The zero-order chi connectivity index (χ0) is 21.0. The Morgan fingerprint density at radius 1 is 1.23 bits per heavy atom. The number of likely N-dealkylation sites (tertiary alicyclic amines) is 1. The number of carbonyl (C=O) groups excluding carboxylic acids is 2. The highest BCUT2D eigenvalue weighted by atomic mass is 16.5. The van der Waals surface area contributed by atoms with Crippen molar-refractivity contribution in [3.05, 3.63) is 41.3 Å². The van der Waals surface area contributed by atoms with Gasteiger partial charge in [-0.25, -0.2) is 0 Å². The van der Waals surface area contributed by atoms with Gasteiger partial charge in [0.05, 0.1) is 17.6 Å². The average Bonchev–Trinajstić information content (AvgIpc) is 3.26. The molecule has 1 saturated heterocycles. The third kappa shape index (κ3) is 2.89. The Kier molecular flexibility index (Phi) is 4.20. The molecule has 8 heteroatoms. The molecule has 0 atom stereocenters. The second kappa shape index (κ2) is 6.68. The van der Waals surface area contributed by atoms with Gasteiger partial charge in [0.1, 0.15) is 5.60 Å². The Hall–Kier alpha value is -3.16. The molecule has 2 aromatic heterocycles. The summed E-state index contributed by atoms with van der Waals surface area (Å²) in [6.07, 6.45) is 3.50. The number of ether oxygens (including phenoxy) is 1. The highest BCUT2D eigenvalue weighted by Crippen LogP contribution is 2.41. The van der Waals surface area contributed by atoms with Crippen molar-refractivity contribution >= 4 is 22.6 Å². The minimum absolute atomic E-state index is 0.00779. The molecule has 1 amide bonds. The summed E-state index contributed by atoms with van der Waals surface area (Å²) < 4.78 is 9.95. The van der Waals surface area contributed by atoms with Gasteiger partial charge in [0.2, 0.25) is 0 Å². The molecule has 2 aliphatic heterocycles. The number of aromatic nitrogens is 4. The number of amides is 1. The molecule has 0 unspecified atom stereocenters. The molecule has 156 valence electrons. The summed E-state index contributed by atoms with van der Waals surface area (Å²) in [5.74, 6) is 0.664. The first kappa shape index (κ1) is 18.8. The molecule has 4 heterocycles. The molecular weight excluding hydrogens is 382 g/mol. The van der Waals surface area contributed by atoms with Gasteiger partial charge >= 0.3 is 0 Å². The molecule has 0 saturated carbocycles. The summed E-state index contributed by atoms with van der Waals surface area (Å²) in [5.41, 5.74) is 2.33. The van der Waals surface area contributed by atoms with Crippen LogP contribution in [-0.2, 0) is 13.6 Å². The number of aryl methyl sites for hydroxylation is 2. The van der Waals surface area contributed by atoms with Crippen LogP contribution in [0.5, 0.6) is 5.75 Å². The van der Waals surface area contributed by atoms with E-state index in [1.165, 1.54) is 0 Å². The molecule has 1 aromatic carbocycles. The lowest BCUT2D eigenvalue weighted by atomic mass is 9.83. The van der Waals surface area contributed by atoms with Crippen LogP contribution in [0.15, 0.2) is 24.4 Å². The summed E-state index contributed by atoms with van der Waals surface area (Å²) in [6.45, 7) is 5.76. The lowest BCUT2D eigenvalue weighted by molar-refractivity contribution is -0.00627. The second-order valence-electron chi connectivity index (χ2n) is 8.33. The third-order valence-electron chi connectivity index (χ3n) is 6.34. The van der Waals surface area contributed by atoms with Crippen LogP contribution in [0.2, 0.25) is 0 Å². The lowest BCUT2D eigenvalue weighted by Crippen LogP contribution is -2.52. The highest BCUT2D eigenvalue weighted by molar-refractivity contribution is 5.99. The summed E-state index contributed by atoms with van der Waals surface area (Å²) in [7, 11) is 1.87. The van der Waals surface area contributed by atoms with E-state index in [-0.39, 0.29) is 11.7 Å². The Bertz CT molecular complexity index is 1170. The average molecular weight is 407 g/mol. The van der Waals surface area contributed by atoms with E-state index in [0.717, 1.165) is 16.6 Å². The van der Waals surface area contributed by atoms with Crippen LogP contribution in [-0.4, -0.2) is 54.8 Å². The minimum Gasteiger partial charge on any atom is -0.482 e. The summed E-state index contributed by atoms with van der Waals surface area (Å²) in [5, 5.41) is 9.72. The van der Waals surface area contributed by atoms with Gasteiger partial charge in [0, 0.05) is 56.7 Å². The van der Waals surface area contributed by atoms with Gasteiger partial charge in [0.25, 0.3) is 5.91 Å². The summed E-state index contributed by atoms with van der Waals surface area (Å²) in [4.78, 5) is 27.7. The molecule has 0 radical (unpaired) electrons. The molecule has 8 nitrogen and oxygen atoms in total. The zero-order valence-electron chi connectivity index (χ0n) is 17.5. The number of ketones is 1. The molecular formula is C22H25N5O3. The number of hydrogen-bond donors (Lipinski definition) is 0. The minimum atomic E-state index is -0.541. The van der Waals surface area contributed by atoms with Crippen molar-refractivity contribution in [2.75, 3.05) is 13.1 Å². The monoisotopic (exact) mass is 407 g/mol. The fourth-order valence-electron chi connectivity index (χ4n) is 4.63. The van der Waals surface area contributed by atoms with E-state index in [2.05, 4.69) is 10.2 Å². The number of hydrogen-bond acceptors (Lipinski definition) is 5. The van der Waals surface area contributed by atoms with Crippen LogP contribution in [0, 0.1) is 6.92 Å². The summed E-state index contributed by atoms with van der Waals surface area (Å²) in [6, 6.07) is 5.61. The SMILES string of the molecule is CCn1nc2c(c1C)OC1(CCN(C(=O)c3ccc4nn(C)cc4c3)CC1)CC2=O. The molecule has 5 rings (SSSR count). The number of nitrogens with zero attached hydrogens (tertiary/aromatic N) is 5. The first-order valence-corrected chi connectivity index (χ1v) is 10.4. The van der Waals surface area contributed by atoms with Crippen LogP contribution in [0.3, 0.4) is 0 Å². The number of rotatable bonds is 2. The number of piperidine rings is 1. The van der Waals surface area contributed by atoms with E-state index < -0.39 is 5.60 Å². The van der Waals surface area contributed by atoms with Gasteiger partial charge in [-0.1, -0.05) is 0 Å². The summed E-state index contributed by atoms with van der Waals surface area (Å²) >= 11 is 0. The van der Waals surface area contributed by atoms with E-state index in [9.17, 15) is 9.59 Å². The van der Waals surface area contributed by atoms with Crippen molar-refractivity contribution in [2.24, 2.45) is 7.05 Å². The number of fused-ring (bicyclic) bond motifs is 2. The van der Waals surface area contributed by atoms with Crippen LogP contribution in [0.1, 0.15) is 52.7 Å². The van der Waals surface area contributed by atoms with Crippen LogP contribution < -0.4 is 4.74 Å². The van der Waals surface area contributed by atoms with Crippen molar-refractivity contribution in [3.63, 3.8) is 0 Å². The maximum atomic E-state index is 13.1. The van der Waals surface area contributed by atoms with Gasteiger partial charge in [0.15, 0.2) is 17.2 Å². The fraction of sp³-hybridized carbons (Fsp3) is 0.455. The molecule has 1 spiro atoms. The normalized spacial score (nSPS) is 18.0. The van der Waals surface area contributed by atoms with Crippen molar-refractivity contribution in [3.8, 4) is 5.75 Å². The first-order valence-electron chi connectivity index (χ1n) is 10.4. The van der Waals surface area contributed by atoms with Gasteiger partial charge in [-0.15, -0.1) is 0 Å². The van der Waals surface area contributed by atoms with Crippen LogP contribution >= 0.6 is 0 Å². The predicted octanol–water partition coefficient (Wildman–Crippen LogP) is 2.74. The van der Waals surface area contributed by atoms with Crippen LogP contribution in [0.25, 0.3) is 10.9 Å². The first-order chi connectivity index (χ1) is 14.4. The second-order valence-corrected chi connectivity index (χ2v) is 8.33. The van der Waals surface area contributed by atoms with Gasteiger partial charge < -0.3 is 9.64 Å². The van der Waals surface area contributed by atoms with Gasteiger partial charge in [-0.05, 0) is 32.0 Å². The topological polar surface area (TPSA) is 82.2 Å². The van der Waals surface area contributed by atoms with Crippen molar-refractivity contribution in [2.45, 2.75) is 45.3 Å². The maximum absolute atomic E-state index is 13.1. The maximum Gasteiger partial charge on any atom is 0.253 e. The third-order valence-corrected chi connectivity index (χ3v) is 6.34. The Morgan fingerprint density at radius 3 is 2.73 bits per heavy atom. The van der Waals surface area contributed by atoms with Crippen molar-refractivity contribution in [1.29, 1.82) is 0 Å². The molecule has 3 aromatic rings. The van der Waals surface area contributed by atoms with Gasteiger partial charge in [-0.3, -0.25) is 19.0 Å². The molecule has 0 N–H and O–H groups in total. The quantitative estimate of drug-likeness (QED) is 0.652. The van der Waals surface area contributed by atoms with Crippen molar-refractivity contribution in [1.82, 2.24) is 24.5 Å². The largest absolute Gasteiger partial charge is 0.482 e. The highest BCUT2D eigenvalue weighted by Gasteiger charge is 2.45. The number of Topliss-reactive ketones (excluding diaryl/α,β-unsaturated/α-hetero) is 1. The van der Waals surface area contributed by atoms with E-state index in [4.69, 9.17) is 4.74 Å². The van der Waals surface area contributed by atoms with Crippen molar-refractivity contribution < 1.29 is 14.3 Å². The molecule has 0 bridgehead atoms. The van der Waals surface area contributed by atoms with E-state index in [1.807, 2.05) is 54.9 Å². The zero-order valence-corrected chi connectivity index (χ0v) is 17.5. The number of benzene rings is 1. The Morgan fingerprint density at radius 2 is 2.00 bits per heavy atom. The molecule has 1 fully saturated rings. The van der Waals surface area contributed by atoms with Gasteiger partial charge in [-0.2, -0.15) is 10.2 Å². The molecule has 2 aliphatic rings. The lowest BCUT2D eigenvalue weighted by Gasteiger charge is -2.43. The van der Waals surface area contributed by atoms with E-state index in [0.29, 0.717) is 55.9 Å². The Labute approximate surface area is 174 Å². The Balaban J connectivity index is 1.33. The number of carbonyl (C=O) groups is 2. The van der Waals surface area contributed by atoms with Crippen LogP contribution in [0.4, 0.5) is 0 Å². The molecule has 30 heavy (non-hydrogen) atoms. The smallest absolute Gasteiger partial charge is 0.253 e. The standard InChI is InChI=1S/C22H25N5O3/c1-4-27-14(2)20-19(24-27)18(28)12-22(30-20)7-9-26(10-8-22)21(29)15-5-6-17-16(11-15)13-25(3)23-17/h5-6,11,13H,4,7-10,12H2,1-3H3.